The molecule has 0 aliphatic carbocycles. The lowest BCUT2D eigenvalue weighted by Crippen LogP contribution is -2.29. The van der Waals surface area contributed by atoms with Crippen LogP contribution in [0.25, 0.3) is 11.0 Å². The van der Waals surface area contributed by atoms with Crippen LogP contribution >= 0.6 is 15.9 Å². The van der Waals surface area contributed by atoms with Crippen molar-refractivity contribution >= 4 is 44.5 Å². The Morgan fingerprint density at radius 3 is 2.55 bits per heavy atom. The van der Waals surface area contributed by atoms with Crippen LogP contribution in [-0.4, -0.2) is 30.7 Å². The summed E-state index contributed by atoms with van der Waals surface area (Å²) in [5, 5.41) is 10.5. The fourth-order valence-electron chi connectivity index (χ4n) is 4.54. The molecule has 0 radical (unpaired) electrons. The van der Waals surface area contributed by atoms with Crippen molar-refractivity contribution in [1.82, 2.24) is 0 Å². The minimum Gasteiger partial charge on any atom is -0.504 e. The number of amides is 1. The number of fused-ring (bicyclic) bond motifs is 2. The van der Waals surface area contributed by atoms with E-state index < -0.39 is 17.9 Å². The van der Waals surface area contributed by atoms with Gasteiger partial charge in [0.05, 0.1) is 36.3 Å². The van der Waals surface area contributed by atoms with Gasteiger partial charge in [-0.25, -0.2) is 4.79 Å². The van der Waals surface area contributed by atoms with E-state index in [0.29, 0.717) is 38.9 Å². The number of nitrogens with zero attached hydrogens (tertiary/aromatic N) is 1. The number of phenols is 1. The predicted octanol–water partition coefficient (Wildman–Crippen LogP) is 5.98. The van der Waals surface area contributed by atoms with E-state index in [1.165, 1.54) is 18.1 Å². The molecule has 38 heavy (non-hydrogen) atoms. The maximum absolute atomic E-state index is 13.8. The van der Waals surface area contributed by atoms with Crippen LogP contribution in [0.5, 0.6) is 11.5 Å². The lowest BCUT2D eigenvalue weighted by Gasteiger charge is -2.25. The molecule has 1 aromatic heterocycles. The molecule has 1 amide bonds. The van der Waals surface area contributed by atoms with Gasteiger partial charge in [0.15, 0.2) is 16.9 Å². The Morgan fingerprint density at radius 2 is 1.84 bits per heavy atom. The Bertz CT molecular complexity index is 1610. The highest BCUT2D eigenvalue weighted by Crippen LogP contribution is 2.43. The van der Waals surface area contributed by atoms with E-state index in [1.807, 2.05) is 6.92 Å². The summed E-state index contributed by atoms with van der Waals surface area (Å²) in [5.74, 6) is -0.897. The van der Waals surface area contributed by atoms with E-state index in [9.17, 15) is 19.5 Å². The summed E-state index contributed by atoms with van der Waals surface area (Å²) in [6, 6.07) is 15.2. The number of hydrogen-bond donors (Lipinski definition) is 1. The van der Waals surface area contributed by atoms with Gasteiger partial charge in [-0.05, 0) is 66.6 Å². The highest BCUT2D eigenvalue weighted by molar-refractivity contribution is 9.10. The van der Waals surface area contributed by atoms with Crippen LogP contribution in [0.1, 0.15) is 57.8 Å². The smallest absolute Gasteiger partial charge is 0.338 e. The van der Waals surface area contributed by atoms with Crippen LogP contribution in [0.2, 0.25) is 0 Å². The Kier molecular flexibility index (Phi) is 6.94. The van der Waals surface area contributed by atoms with Crippen molar-refractivity contribution in [3.8, 4) is 11.5 Å². The van der Waals surface area contributed by atoms with Gasteiger partial charge in [0.2, 0.25) is 5.76 Å². The number of ether oxygens (including phenoxy) is 2. The van der Waals surface area contributed by atoms with E-state index in [1.54, 1.807) is 54.6 Å². The van der Waals surface area contributed by atoms with Gasteiger partial charge in [0, 0.05) is 10.2 Å². The summed E-state index contributed by atoms with van der Waals surface area (Å²) in [6.07, 6.45) is 1.68. The molecule has 8 nitrogen and oxygen atoms in total. The first-order valence-electron chi connectivity index (χ1n) is 12.1. The molecule has 2 heterocycles. The number of hydrogen-bond acceptors (Lipinski definition) is 7. The second-order valence-electron chi connectivity index (χ2n) is 8.86. The lowest BCUT2D eigenvalue weighted by atomic mass is 9.97. The van der Waals surface area contributed by atoms with Crippen molar-refractivity contribution in [2.24, 2.45) is 0 Å². The molecular formula is C29H24BrNO7. The van der Waals surface area contributed by atoms with Gasteiger partial charge in [-0.2, -0.15) is 0 Å². The number of phenolic OH excluding ortho intramolecular Hbond substituents is 1. The average Bonchev–Trinajstić information content (AvgIpc) is 3.22. The van der Waals surface area contributed by atoms with Crippen molar-refractivity contribution < 1.29 is 28.6 Å². The number of esters is 1. The molecule has 194 valence electrons. The van der Waals surface area contributed by atoms with E-state index in [2.05, 4.69) is 15.9 Å². The monoisotopic (exact) mass is 577 g/mol. The molecule has 5 rings (SSSR count). The van der Waals surface area contributed by atoms with E-state index in [0.717, 1.165) is 12.8 Å². The van der Waals surface area contributed by atoms with E-state index in [4.69, 9.17) is 13.9 Å². The van der Waals surface area contributed by atoms with Gasteiger partial charge in [-0.3, -0.25) is 14.5 Å². The first-order chi connectivity index (χ1) is 18.3. The first-order valence-corrected chi connectivity index (χ1v) is 12.9. The largest absolute Gasteiger partial charge is 0.504 e. The number of halogens is 1. The Hall–Kier alpha value is -4.11. The van der Waals surface area contributed by atoms with E-state index >= 15 is 0 Å². The zero-order valence-corrected chi connectivity index (χ0v) is 22.3. The van der Waals surface area contributed by atoms with Crippen LogP contribution in [0.3, 0.4) is 0 Å². The topological polar surface area (TPSA) is 106 Å². The number of anilines is 1. The third-order valence-electron chi connectivity index (χ3n) is 6.46. The summed E-state index contributed by atoms with van der Waals surface area (Å²) in [5.41, 5.74) is 1.47. The van der Waals surface area contributed by atoms with Gasteiger partial charge < -0.3 is 19.0 Å². The lowest BCUT2D eigenvalue weighted by molar-refractivity contribution is 0.0499. The van der Waals surface area contributed by atoms with Gasteiger partial charge in [-0.15, -0.1) is 0 Å². The number of unbranched alkanes of at least 4 members (excludes halogenated alkanes) is 1. The third kappa shape index (κ3) is 4.43. The normalized spacial score (nSPS) is 14.6. The fraction of sp³-hybridized carbons (Fsp3) is 0.207. The molecule has 1 aliphatic rings. The minimum absolute atomic E-state index is 0.0649. The van der Waals surface area contributed by atoms with Crippen molar-refractivity contribution in [2.45, 2.75) is 25.8 Å². The molecule has 0 fully saturated rings. The maximum Gasteiger partial charge on any atom is 0.338 e. The molecule has 0 spiro atoms. The van der Waals surface area contributed by atoms with Crippen LogP contribution in [0, 0.1) is 0 Å². The number of benzene rings is 3. The van der Waals surface area contributed by atoms with Crippen LogP contribution in [-0.2, 0) is 4.74 Å². The highest BCUT2D eigenvalue weighted by atomic mass is 79.9. The standard InChI is InChI=1S/C29H24BrNO7/c1-3-4-13-37-29(35)16-5-9-19(10-6-16)31-25(17-7-11-21(32)23(14-17)36-2)24-26(33)20-15-18(30)8-12-22(20)38-27(24)28(31)34/h5-12,14-15,25,32H,3-4,13H2,1-2H3. The molecule has 0 saturated carbocycles. The van der Waals surface area contributed by atoms with Crippen LogP contribution in [0.4, 0.5) is 5.69 Å². The number of aromatic hydroxyl groups is 1. The number of carbonyl (C=O) groups is 2. The fourth-order valence-corrected chi connectivity index (χ4v) is 4.90. The molecule has 9 heteroatoms. The quantitative estimate of drug-likeness (QED) is 0.213. The van der Waals surface area contributed by atoms with Gasteiger partial charge in [0.25, 0.3) is 5.91 Å². The maximum atomic E-state index is 13.8. The van der Waals surface area contributed by atoms with Crippen molar-refractivity contribution in [2.75, 3.05) is 18.6 Å². The molecule has 3 aromatic carbocycles. The summed E-state index contributed by atoms with van der Waals surface area (Å²) in [4.78, 5) is 41.4. The number of rotatable bonds is 7. The zero-order chi connectivity index (χ0) is 27.0. The van der Waals surface area contributed by atoms with Crippen LogP contribution in [0.15, 0.2) is 74.3 Å². The van der Waals surface area contributed by atoms with Crippen molar-refractivity contribution in [3.63, 3.8) is 0 Å². The zero-order valence-electron chi connectivity index (χ0n) is 20.7. The Morgan fingerprint density at radius 1 is 1.08 bits per heavy atom. The van der Waals surface area contributed by atoms with Crippen molar-refractivity contribution in [3.05, 3.63) is 97.8 Å². The molecular weight excluding hydrogens is 554 g/mol. The van der Waals surface area contributed by atoms with Gasteiger partial charge in [0.1, 0.15) is 5.58 Å². The predicted molar refractivity (Wildman–Crippen MR) is 145 cm³/mol. The first kappa shape index (κ1) is 25.5. The molecule has 1 N–H and O–H groups in total. The van der Waals surface area contributed by atoms with Crippen molar-refractivity contribution in [1.29, 1.82) is 0 Å². The molecule has 1 unspecified atom stereocenters. The number of carbonyl (C=O) groups excluding carboxylic acids is 2. The summed E-state index contributed by atoms with van der Waals surface area (Å²) >= 11 is 3.39. The van der Waals surface area contributed by atoms with E-state index in [-0.39, 0.29) is 28.3 Å². The molecule has 1 atom stereocenters. The Labute approximate surface area is 226 Å². The SMILES string of the molecule is CCCCOC(=O)c1ccc(N2C(=O)c3oc4ccc(Br)cc4c(=O)c3C2c2ccc(O)c(OC)c2)cc1. The summed E-state index contributed by atoms with van der Waals surface area (Å²) < 4.78 is 17.3. The summed E-state index contributed by atoms with van der Waals surface area (Å²) in [6.45, 7) is 2.34. The second-order valence-corrected chi connectivity index (χ2v) is 9.78. The molecule has 0 saturated heterocycles. The average molecular weight is 578 g/mol. The minimum atomic E-state index is -0.867. The van der Waals surface area contributed by atoms with Gasteiger partial charge >= 0.3 is 5.97 Å². The highest BCUT2D eigenvalue weighted by Gasteiger charge is 2.44. The van der Waals surface area contributed by atoms with Crippen LogP contribution < -0.4 is 15.1 Å². The third-order valence-corrected chi connectivity index (χ3v) is 6.96. The van der Waals surface area contributed by atoms with Gasteiger partial charge in [-0.1, -0.05) is 35.3 Å². The number of methoxy groups -OCH3 is 1. The molecule has 0 bridgehead atoms. The summed E-state index contributed by atoms with van der Waals surface area (Å²) in [7, 11) is 1.42. The molecule has 1 aliphatic heterocycles. The second kappa shape index (κ2) is 10.3. The molecule has 4 aromatic rings. The Balaban J connectivity index is 1.65.